The van der Waals surface area contributed by atoms with Crippen molar-refractivity contribution in [3.05, 3.63) is 80.3 Å². The van der Waals surface area contributed by atoms with Crippen molar-refractivity contribution < 1.29 is 0 Å². The number of pyridine rings is 1. The fraction of sp³-hybridized carbons (Fsp3) is 0.320. The van der Waals surface area contributed by atoms with Crippen LogP contribution in [0.3, 0.4) is 0 Å². The lowest BCUT2D eigenvalue weighted by Gasteiger charge is -2.41. The van der Waals surface area contributed by atoms with Crippen molar-refractivity contribution in [2.75, 3.05) is 32.0 Å². The van der Waals surface area contributed by atoms with Crippen LogP contribution < -0.4 is 15.9 Å². The van der Waals surface area contributed by atoms with Gasteiger partial charge in [-0.15, -0.1) is 11.3 Å². The number of hydrogen-bond acceptors (Lipinski definition) is 5. The number of nitrogens with zero attached hydrogens (tertiary/aromatic N) is 3. The molecule has 1 fully saturated rings. The Kier molecular flexibility index (Phi) is 5.74. The maximum absolute atomic E-state index is 6.06. The summed E-state index contributed by atoms with van der Waals surface area (Å²) in [4.78, 5) is 11.2. The van der Waals surface area contributed by atoms with Crippen molar-refractivity contribution in [1.29, 1.82) is 0 Å². The molecule has 0 amide bonds. The van der Waals surface area contributed by atoms with Gasteiger partial charge >= 0.3 is 0 Å². The van der Waals surface area contributed by atoms with E-state index in [2.05, 4.69) is 59.6 Å². The van der Waals surface area contributed by atoms with Crippen LogP contribution in [-0.4, -0.2) is 47.5 Å². The molecule has 4 heterocycles. The molecule has 2 aliphatic heterocycles. The zero-order valence-corrected chi connectivity index (χ0v) is 19.5. The number of hydrogen-bond donors (Lipinski definition) is 1. The van der Waals surface area contributed by atoms with Gasteiger partial charge < -0.3 is 10.2 Å². The Morgan fingerprint density at radius 3 is 2.87 bits per heavy atom. The van der Waals surface area contributed by atoms with Gasteiger partial charge in [0.15, 0.2) is 0 Å². The minimum Gasteiger partial charge on any atom is -0.366 e. The van der Waals surface area contributed by atoms with Crippen molar-refractivity contribution in [1.82, 2.24) is 14.8 Å². The summed E-state index contributed by atoms with van der Waals surface area (Å²) in [5.74, 6) is 0. The molecule has 2 aliphatic rings. The maximum Gasteiger partial charge on any atom is 0.102 e. The molecular formula is C25H27ClN4S. The molecule has 1 atom stereocenters. The quantitative estimate of drug-likeness (QED) is 0.657. The third-order valence-corrected chi connectivity index (χ3v) is 7.54. The Bertz CT molecular complexity index is 1200. The lowest BCUT2D eigenvalue weighted by molar-refractivity contribution is 0.128. The highest BCUT2D eigenvalue weighted by Gasteiger charge is 2.28. The summed E-state index contributed by atoms with van der Waals surface area (Å²) in [6.07, 6.45) is 6.18. The highest BCUT2D eigenvalue weighted by molar-refractivity contribution is 7.16. The van der Waals surface area contributed by atoms with E-state index in [0.29, 0.717) is 6.04 Å². The second kappa shape index (κ2) is 8.65. The third kappa shape index (κ3) is 4.22. The number of aryl methyl sites for hydroxylation is 2. The smallest absolute Gasteiger partial charge is 0.102 e. The van der Waals surface area contributed by atoms with E-state index in [1.807, 2.05) is 35.7 Å². The van der Waals surface area contributed by atoms with Crippen molar-refractivity contribution in [3.63, 3.8) is 0 Å². The third-order valence-electron chi connectivity index (χ3n) is 6.31. The summed E-state index contributed by atoms with van der Waals surface area (Å²) in [5.41, 5.74) is 3.89. The molecule has 0 radical (unpaired) electrons. The topological polar surface area (TPSA) is 31.4 Å². The van der Waals surface area contributed by atoms with Gasteiger partial charge in [-0.05, 0) is 62.7 Å². The largest absolute Gasteiger partial charge is 0.366 e. The first kappa shape index (κ1) is 20.6. The van der Waals surface area contributed by atoms with E-state index >= 15 is 0 Å². The molecule has 160 valence electrons. The van der Waals surface area contributed by atoms with Crippen molar-refractivity contribution in [2.24, 2.45) is 0 Å². The van der Waals surface area contributed by atoms with Gasteiger partial charge in [0.25, 0.3) is 0 Å². The van der Waals surface area contributed by atoms with Crippen molar-refractivity contribution in [3.8, 4) is 0 Å². The Labute approximate surface area is 192 Å². The molecule has 31 heavy (non-hydrogen) atoms. The first-order chi connectivity index (χ1) is 15.1. The van der Waals surface area contributed by atoms with Crippen LogP contribution in [0.1, 0.15) is 22.4 Å². The molecule has 4 nitrogen and oxygen atoms in total. The van der Waals surface area contributed by atoms with Crippen LogP contribution in [0, 0.1) is 6.92 Å². The number of aromatic nitrogens is 1. The van der Waals surface area contributed by atoms with Gasteiger partial charge in [0.1, 0.15) is 5.00 Å². The molecule has 0 spiro atoms. The molecule has 3 aromatic rings. The molecule has 5 rings (SSSR count). The van der Waals surface area contributed by atoms with Crippen LogP contribution in [0.2, 0.25) is 5.02 Å². The van der Waals surface area contributed by atoms with E-state index in [1.165, 1.54) is 26.7 Å². The lowest BCUT2D eigenvalue weighted by atomic mass is 10.0. The van der Waals surface area contributed by atoms with Crippen LogP contribution in [0.5, 0.6) is 0 Å². The first-order valence-corrected chi connectivity index (χ1v) is 12.0. The summed E-state index contributed by atoms with van der Waals surface area (Å²) < 4.78 is 0. The summed E-state index contributed by atoms with van der Waals surface area (Å²) in [6, 6.07) is 15.2. The lowest BCUT2D eigenvalue weighted by Crippen LogP contribution is -2.52. The molecule has 0 bridgehead atoms. The second-order valence-corrected chi connectivity index (χ2v) is 10.1. The van der Waals surface area contributed by atoms with Crippen LogP contribution in [0.25, 0.3) is 11.9 Å². The molecule has 0 saturated carbocycles. The van der Waals surface area contributed by atoms with Crippen LogP contribution in [0.4, 0.5) is 5.00 Å². The van der Waals surface area contributed by atoms with Gasteiger partial charge in [-0.3, -0.25) is 9.88 Å². The molecule has 1 aromatic carbocycles. The average Bonchev–Trinajstić information content (AvgIpc) is 3.07. The first-order valence-electron chi connectivity index (χ1n) is 10.8. The predicted molar refractivity (Wildman–Crippen MR) is 131 cm³/mol. The minimum atomic E-state index is 0.493. The van der Waals surface area contributed by atoms with Crippen LogP contribution >= 0.6 is 22.9 Å². The molecule has 1 saturated heterocycles. The molecule has 2 aromatic heterocycles. The number of likely N-dealkylation sites (N-methyl/N-ethyl adjacent to an activating group) is 1. The van der Waals surface area contributed by atoms with Gasteiger partial charge in [0.2, 0.25) is 0 Å². The molecule has 1 unspecified atom stereocenters. The molecule has 0 aliphatic carbocycles. The molecule has 1 N–H and O–H groups in total. The summed E-state index contributed by atoms with van der Waals surface area (Å²) in [6.45, 7) is 5.24. The van der Waals surface area contributed by atoms with Gasteiger partial charge in [-0.25, -0.2) is 0 Å². The Hall–Kier alpha value is -2.34. The van der Waals surface area contributed by atoms with Gasteiger partial charge in [0.05, 0.1) is 11.0 Å². The Balaban J connectivity index is 1.47. The van der Waals surface area contributed by atoms with Gasteiger partial charge in [-0.1, -0.05) is 23.7 Å². The SMILES string of the molecule is Cc1cc2c(s1)NC=c1cccnc1=C2N1CCN(C)C(CCc2ccc(Cl)cc2)C1. The fourth-order valence-corrected chi connectivity index (χ4v) is 5.57. The Morgan fingerprint density at radius 2 is 2.03 bits per heavy atom. The number of benzene rings is 1. The van der Waals surface area contributed by atoms with Crippen molar-refractivity contribution >= 4 is 39.8 Å². The van der Waals surface area contributed by atoms with Gasteiger partial charge in [0, 0.05) is 58.8 Å². The predicted octanol–water partition coefficient (Wildman–Crippen LogP) is 3.67. The second-order valence-electron chi connectivity index (χ2n) is 8.42. The van der Waals surface area contributed by atoms with Crippen LogP contribution in [0.15, 0.2) is 48.7 Å². The molecular weight excluding hydrogens is 424 g/mol. The zero-order chi connectivity index (χ0) is 21.4. The van der Waals surface area contributed by atoms with E-state index in [9.17, 15) is 0 Å². The fourth-order valence-electron chi connectivity index (χ4n) is 4.57. The normalized spacial score (nSPS) is 18.6. The van der Waals surface area contributed by atoms with E-state index in [1.54, 1.807) is 0 Å². The molecule has 6 heteroatoms. The van der Waals surface area contributed by atoms with Gasteiger partial charge in [-0.2, -0.15) is 0 Å². The standard InChI is InChI=1S/C25H27ClN4S/c1-17-14-22-24(23-19(4-3-11-27-23)15-28-25(22)31-17)30-13-12-29(2)21(16-30)10-7-18-5-8-20(26)9-6-18/h3-6,8-9,11,14-15,21,28H,7,10,12-13,16H2,1-2H3. The highest BCUT2D eigenvalue weighted by Crippen LogP contribution is 2.35. The van der Waals surface area contributed by atoms with E-state index in [0.717, 1.165) is 48.1 Å². The highest BCUT2D eigenvalue weighted by atomic mass is 35.5. The summed E-state index contributed by atoms with van der Waals surface area (Å²) in [5, 5.41) is 7.76. The number of piperazine rings is 1. The van der Waals surface area contributed by atoms with Crippen molar-refractivity contribution in [2.45, 2.75) is 25.8 Å². The minimum absolute atomic E-state index is 0.493. The number of thiophene rings is 1. The van der Waals surface area contributed by atoms with Crippen LogP contribution in [-0.2, 0) is 6.42 Å². The monoisotopic (exact) mass is 450 g/mol. The number of fused-ring (bicyclic) bond motifs is 2. The maximum atomic E-state index is 6.06. The van der Waals surface area contributed by atoms with E-state index in [4.69, 9.17) is 16.6 Å². The van der Waals surface area contributed by atoms with E-state index in [-0.39, 0.29) is 0 Å². The number of halogens is 1. The zero-order valence-electron chi connectivity index (χ0n) is 17.9. The number of rotatable bonds is 4. The Morgan fingerprint density at radius 1 is 1.19 bits per heavy atom. The van der Waals surface area contributed by atoms with E-state index < -0.39 is 0 Å². The number of anilines is 1. The average molecular weight is 451 g/mol. The summed E-state index contributed by atoms with van der Waals surface area (Å²) >= 11 is 7.87. The number of nitrogens with one attached hydrogen (secondary N) is 1. The summed E-state index contributed by atoms with van der Waals surface area (Å²) in [7, 11) is 2.25.